The van der Waals surface area contributed by atoms with Crippen LogP contribution in [0.4, 0.5) is 0 Å². The van der Waals surface area contributed by atoms with Crippen molar-refractivity contribution in [1.29, 1.82) is 0 Å². The number of benzene rings is 2. The van der Waals surface area contributed by atoms with Crippen molar-refractivity contribution in [2.75, 3.05) is 6.16 Å². The van der Waals surface area contributed by atoms with E-state index in [0.717, 1.165) is 17.5 Å². The minimum Gasteiger partial charge on any atom is -0.323 e. The van der Waals surface area contributed by atoms with Crippen LogP contribution in [0.2, 0.25) is 0 Å². The van der Waals surface area contributed by atoms with Gasteiger partial charge in [0.2, 0.25) is 0 Å². The lowest BCUT2D eigenvalue weighted by molar-refractivity contribution is -0.152. The molecule has 2 bridgehead atoms. The molecule has 0 amide bonds. The predicted octanol–water partition coefficient (Wildman–Crippen LogP) is 6.00. The summed E-state index contributed by atoms with van der Waals surface area (Å²) in [6.45, 7) is 4.59. The highest BCUT2D eigenvalue weighted by Crippen LogP contribution is 2.64. The zero-order valence-electron chi connectivity index (χ0n) is 16.3. The van der Waals surface area contributed by atoms with E-state index < -0.39 is 7.14 Å². The van der Waals surface area contributed by atoms with Crippen LogP contribution in [0.15, 0.2) is 60.7 Å². The van der Waals surface area contributed by atoms with Crippen LogP contribution in [0, 0.1) is 23.2 Å². The Hall–Kier alpha value is -1.66. The van der Waals surface area contributed by atoms with Crippen LogP contribution >= 0.6 is 7.14 Å². The summed E-state index contributed by atoms with van der Waals surface area (Å²) in [4.78, 5) is 12.8. The fourth-order valence-electron chi connectivity index (χ4n) is 5.31. The number of Topliss-reactive ketones (excluding diaryl/α,β-unsaturated/α-hetero) is 1. The van der Waals surface area contributed by atoms with Gasteiger partial charge in [-0.1, -0.05) is 74.5 Å². The maximum Gasteiger partial charge on any atom is 0.137 e. The zero-order valence-corrected chi connectivity index (χ0v) is 17.2. The van der Waals surface area contributed by atoms with Crippen molar-refractivity contribution in [2.45, 2.75) is 39.0 Å². The second kappa shape index (κ2) is 7.06. The molecule has 0 N–H and O–H groups in total. The first kappa shape index (κ1) is 18.7. The minimum absolute atomic E-state index is 0.0248. The maximum absolute atomic E-state index is 14.2. The number of carbonyl (C=O) groups excluding carboxylic acids is 1. The Morgan fingerprint density at radius 3 is 1.93 bits per heavy atom. The van der Waals surface area contributed by atoms with Gasteiger partial charge in [-0.2, -0.15) is 0 Å². The molecule has 0 unspecified atom stereocenters. The molecule has 5 rings (SSSR count). The van der Waals surface area contributed by atoms with E-state index in [-0.39, 0.29) is 11.3 Å². The molecular formula is C24H29O2P. The Morgan fingerprint density at radius 2 is 1.44 bits per heavy atom. The van der Waals surface area contributed by atoms with Gasteiger partial charge in [-0.15, -0.1) is 0 Å². The fraction of sp³-hybridized carbons (Fsp3) is 0.458. The van der Waals surface area contributed by atoms with E-state index in [4.69, 9.17) is 0 Å². The van der Waals surface area contributed by atoms with Gasteiger partial charge >= 0.3 is 0 Å². The third-order valence-electron chi connectivity index (χ3n) is 7.05. The first-order valence-corrected chi connectivity index (χ1v) is 12.3. The Balaban J connectivity index is 1.61. The number of ketones is 1. The highest BCUT2D eigenvalue weighted by Gasteiger charge is 2.58. The number of fused-ring (bicyclic) bond motifs is 2. The second-order valence-electron chi connectivity index (χ2n) is 9.17. The molecule has 3 saturated carbocycles. The second-order valence-corrected chi connectivity index (χ2v) is 12.3. The molecule has 27 heavy (non-hydrogen) atoms. The molecule has 0 radical (unpaired) electrons. The molecule has 0 aromatic heterocycles. The van der Waals surface area contributed by atoms with Crippen LogP contribution in [0.3, 0.4) is 0 Å². The van der Waals surface area contributed by atoms with E-state index in [2.05, 4.69) is 38.1 Å². The van der Waals surface area contributed by atoms with Crippen molar-refractivity contribution >= 4 is 12.9 Å². The lowest BCUT2D eigenvalue weighted by atomic mass is 9.45. The molecule has 2 aromatic carbocycles. The summed E-state index contributed by atoms with van der Waals surface area (Å²) in [5.41, 5.74) is 2.46. The topological polar surface area (TPSA) is 34.1 Å². The third-order valence-corrected chi connectivity index (χ3v) is 9.99. The number of hydrogen-bond donors (Lipinski definition) is 0. The first-order chi connectivity index (χ1) is 12.9. The van der Waals surface area contributed by atoms with Crippen molar-refractivity contribution < 1.29 is 9.36 Å². The summed E-state index contributed by atoms with van der Waals surface area (Å²) >= 11 is 0. The minimum atomic E-state index is -2.56. The van der Waals surface area contributed by atoms with Gasteiger partial charge in [0.15, 0.2) is 0 Å². The van der Waals surface area contributed by atoms with Crippen LogP contribution in [-0.2, 0) is 21.7 Å². The predicted molar refractivity (Wildman–Crippen MR) is 111 cm³/mol. The molecule has 2 aromatic rings. The summed E-state index contributed by atoms with van der Waals surface area (Å²) in [5, 5.41) is 0. The van der Waals surface area contributed by atoms with Crippen molar-refractivity contribution in [2.24, 2.45) is 23.2 Å². The maximum atomic E-state index is 14.2. The van der Waals surface area contributed by atoms with Crippen molar-refractivity contribution in [3.8, 4) is 0 Å². The largest absolute Gasteiger partial charge is 0.323 e. The number of rotatable bonds is 6. The molecular weight excluding hydrogens is 351 g/mol. The Bertz CT molecular complexity index is 811. The van der Waals surface area contributed by atoms with E-state index in [1.54, 1.807) is 0 Å². The van der Waals surface area contributed by atoms with Gasteiger partial charge in [0.05, 0.1) is 7.14 Å². The summed E-state index contributed by atoms with van der Waals surface area (Å²) < 4.78 is 14.2. The highest BCUT2D eigenvalue weighted by atomic mass is 31.2. The van der Waals surface area contributed by atoms with Gasteiger partial charge in [-0.05, 0) is 34.8 Å². The number of carbonyl (C=O) groups is 1. The third kappa shape index (κ3) is 3.69. The SMILES string of the molecule is CC1(C)[C@@H]2CC(=O)[C@@H](CP(=O)(Cc3ccccc3)Cc3ccccc3)[C@@H]1C2. The standard InChI is InChI=1S/C24H29O2P/c1-24(2)20-13-22(24)21(23(25)14-20)17-27(26,15-18-9-5-3-6-10-18)16-19-11-7-4-8-12-19/h3-12,20-22H,13-17H2,1-2H3/t20-,21-,22-/m0/s1. The normalized spacial score (nSPS) is 26.4. The Labute approximate surface area is 162 Å². The van der Waals surface area contributed by atoms with Gasteiger partial charge < -0.3 is 4.57 Å². The van der Waals surface area contributed by atoms with Gasteiger partial charge in [0.25, 0.3) is 0 Å². The van der Waals surface area contributed by atoms with Crippen LogP contribution in [0.5, 0.6) is 0 Å². The quantitative estimate of drug-likeness (QED) is 0.576. The van der Waals surface area contributed by atoms with E-state index in [1.165, 1.54) is 0 Å². The molecule has 0 spiro atoms. The van der Waals surface area contributed by atoms with Gasteiger partial charge in [-0.3, -0.25) is 4.79 Å². The molecule has 3 heteroatoms. The average Bonchev–Trinajstić information content (AvgIpc) is 2.64. The molecule has 3 fully saturated rings. The monoisotopic (exact) mass is 380 g/mol. The van der Waals surface area contributed by atoms with E-state index in [0.29, 0.717) is 42.5 Å². The average molecular weight is 380 g/mol. The molecule has 3 aliphatic rings. The molecule has 0 aliphatic heterocycles. The summed E-state index contributed by atoms with van der Waals surface area (Å²) in [6.07, 6.45) is 3.56. The van der Waals surface area contributed by atoms with Crippen molar-refractivity contribution in [1.82, 2.24) is 0 Å². The van der Waals surface area contributed by atoms with Crippen LogP contribution in [-0.4, -0.2) is 11.9 Å². The van der Waals surface area contributed by atoms with Crippen molar-refractivity contribution in [3.05, 3.63) is 71.8 Å². The molecule has 2 nitrogen and oxygen atoms in total. The first-order valence-electron chi connectivity index (χ1n) is 10.0. The smallest absolute Gasteiger partial charge is 0.137 e. The Kier molecular flexibility index (Phi) is 4.89. The van der Waals surface area contributed by atoms with E-state index in [9.17, 15) is 9.36 Å². The summed E-state index contributed by atoms with van der Waals surface area (Å²) in [6, 6.07) is 20.3. The fourth-order valence-corrected chi connectivity index (χ4v) is 8.61. The molecule has 3 atom stereocenters. The van der Waals surface area contributed by atoms with Gasteiger partial charge in [0, 0.05) is 30.8 Å². The summed E-state index contributed by atoms with van der Waals surface area (Å²) in [5.74, 6) is 1.28. The lowest BCUT2D eigenvalue weighted by Crippen LogP contribution is -2.56. The van der Waals surface area contributed by atoms with E-state index in [1.807, 2.05) is 36.4 Å². The van der Waals surface area contributed by atoms with Crippen molar-refractivity contribution in [3.63, 3.8) is 0 Å². The molecule has 0 saturated heterocycles. The molecule has 3 aliphatic carbocycles. The van der Waals surface area contributed by atoms with Crippen LogP contribution < -0.4 is 0 Å². The van der Waals surface area contributed by atoms with Gasteiger partial charge in [0.1, 0.15) is 5.78 Å². The van der Waals surface area contributed by atoms with E-state index >= 15 is 0 Å². The van der Waals surface area contributed by atoms with Gasteiger partial charge in [-0.25, -0.2) is 0 Å². The Morgan fingerprint density at radius 1 is 0.926 bits per heavy atom. The summed E-state index contributed by atoms with van der Waals surface area (Å²) in [7, 11) is -2.56. The zero-order chi connectivity index (χ0) is 19.1. The lowest BCUT2D eigenvalue weighted by Gasteiger charge is -2.59. The molecule has 142 valence electrons. The van der Waals surface area contributed by atoms with Crippen LogP contribution in [0.25, 0.3) is 0 Å². The van der Waals surface area contributed by atoms with Crippen LogP contribution in [0.1, 0.15) is 37.8 Å². The molecule has 0 heterocycles. The highest BCUT2D eigenvalue weighted by molar-refractivity contribution is 7.62. The number of hydrogen-bond acceptors (Lipinski definition) is 2.